The van der Waals surface area contributed by atoms with Crippen LogP contribution in [-0.2, 0) is 4.74 Å². The van der Waals surface area contributed by atoms with E-state index in [1.807, 2.05) is 31.2 Å². The van der Waals surface area contributed by atoms with E-state index >= 15 is 0 Å². The van der Waals surface area contributed by atoms with E-state index in [9.17, 15) is 5.11 Å². The Morgan fingerprint density at radius 3 is 2.29 bits per heavy atom. The minimum atomic E-state index is -0.292. The zero-order chi connectivity index (χ0) is 14.7. The summed E-state index contributed by atoms with van der Waals surface area (Å²) < 4.78 is 7.50. The number of hydrogen-bond acceptors (Lipinski definition) is 2. The molecule has 3 heteroatoms. The molecule has 21 heavy (non-hydrogen) atoms. The van der Waals surface area contributed by atoms with Gasteiger partial charge in [-0.05, 0) is 0 Å². The molecule has 3 rings (SSSR count). The Balaban J connectivity index is 1.86. The fraction of sp³-hybridized carbons (Fsp3) is 0.333. The Labute approximate surface area is 132 Å². The van der Waals surface area contributed by atoms with Gasteiger partial charge in [-0.1, -0.05) is 0 Å². The number of aliphatic hydroxyl groups is 1. The van der Waals surface area contributed by atoms with Crippen LogP contribution in [0, 0.1) is 0 Å². The molecule has 0 radical (unpaired) electrons. The van der Waals surface area contributed by atoms with E-state index in [2.05, 4.69) is 36.4 Å². The molecule has 1 aliphatic rings. The molecule has 110 valence electrons. The van der Waals surface area contributed by atoms with Crippen molar-refractivity contribution in [3.63, 3.8) is 0 Å². The second kappa shape index (κ2) is 6.76. The van der Waals surface area contributed by atoms with Crippen LogP contribution in [0.15, 0.2) is 60.7 Å². The second-order valence-corrected chi connectivity index (χ2v) is 8.10. The first kappa shape index (κ1) is 14.8. The van der Waals surface area contributed by atoms with Gasteiger partial charge in [0.15, 0.2) is 0 Å². The molecule has 2 aromatic carbocycles. The van der Waals surface area contributed by atoms with Crippen LogP contribution < -0.4 is 4.46 Å². The third-order valence-electron chi connectivity index (χ3n) is 3.77. The van der Waals surface area contributed by atoms with Crippen molar-refractivity contribution in [2.75, 3.05) is 0 Å². The third-order valence-corrected chi connectivity index (χ3v) is 6.66. The normalized spacial score (nSPS) is 29.2. The maximum absolute atomic E-state index is 10.6. The van der Waals surface area contributed by atoms with Gasteiger partial charge in [-0.15, -0.1) is 0 Å². The van der Waals surface area contributed by atoms with Crippen molar-refractivity contribution in [3.8, 4) is 0 Å². The Kier molecular flexibility index (Phi) is 4.76. The molecule has 0 saturated carbocycles. The Hall–Kier alpha value is -1.12. The molecule has 0 bridgehead atoms. The first-order valence-electron chi connectivity index (χ1n) is 7.34. The van der Waals surface area contributed by atoms with E-state index in [0.29, 0.717) is 0 Å². The van der Waals surface area contributed by atoms with E-state index in [1.54, 1.807) is 0 Å². The summed E-state index contributed by atoms with van der Waals surface area (Å²) in [5.41, 5.74) is 1.17. The average Bonchev–Trinajstić information content (AvgIpc) is 2.51. The van der Waals surface area contributed by atoms with Gasteiger partial charge in [0.1, 0.15) is 0 Å². The van der Waals surface area contributed by atoms with Crippen LogP contribution >= 0.6 is 0 Å². The van der Waals surface area contributed by atoms with Crippen molar-refractivity contribution in [3.05, 3.63) is 66.2 Å². The van der Waals surface area contributed by atoms with Crippen molar-refractivity contribution in [1.29, 1.82) is 0 Å². The summed E-state index contributed by atoms with van der Waals surface area (Å²) in [5.74, 6) is 0. The zero-order valence-corrected chi connectivity index (χ0v) is 13.8. The Morgan fingerprint density at radius 2 is 1.62 bits per heavy atom. The molecule has 1 fully saturated rings. The van der Waals surface area contributed by atoms with Crippen molar-refractivity contribution < 1.29 is 9.84 Å². The van der Waals surface area contributed by atoms with Crippen LogP contribution in [0.3, 0.4) is 0 Å². The van der Waals surface area contributed by atoms with Crippen molar-refractivity contribution in [2.24, 2.45) is 0 Å². The predicted molar refractivity (Wildman–Crippen MR) is 85.9 cm³/mol. The predicted octanol–water partition coefficient (Wildman–Crippen LogP) is 2.72. The second-order valence-electron chi connectivity index (χ2n) is 5.48. The molecule has 0 spiro atoms. The SMILES string of the molecule is C[C@H]1C[C@@H](O)[C@H]([Se]c2ccccc2)[C@@H](c2ccccc2)O1. The van der Waals surface area contributed by atoms with Crippen molar-refractivity contribution in [1.82, 2.24) is 0 Å². The summed E-state index contributed by atoms with van der Waals surface area (Å²) in [4.78, 5) is 0.165. The van der Waals surface area contributed by atoms with E-state index in [0.717, 1.165) is 6.42 Å². The number of aliphatic hydroxyl groups excluding tert-OH is 1. The van der Waals surface area contributed by atoms with Crippen LogP contribution in [0.5, 0.6) is 0 Å². The number of benzene rings is 2. The Bertz CT molecular complexity index is 558. The van der Waals surface area contributed by atoms with Gasteiger partial charge in [-0.25, -0.2) is 0 Å². The first-order valence-corrected chi connectivity index (χ1v) is 9.19. The fourth-order valence-electron chi connectivity index (χ4n) is 2.77. The van der Waals surface area contributed by atoms with Crippen LogP contribution in [0.2, 0.25) is 4.82 Å². The van der Waals surface area contributed by atoms with E-state index < -0.39 is 0 Å². The summed E-state index contributed by atoms with van der Waals surface area (Å²) in [6, 6.07) is 20.7. The van der Waals surface area contributed by atoms with Gasteiger partial charge in [0.25, 0.3) is 0 Å². The van der Waals surface area contributed by atoms with Crippen molar-refractivity contribution in [2.45, 2.75) is 36.5 Å². The molecular weight excluding hydrogens is 327 g/mol. The summed E-state index contributed by atoms with van der Waals surface area (Å²) >= 11 is 0.196. The monoisotopic (exact) mass is 348 g/mol. The fourth-order valence-corrected chi connectivity index (χ4v) is 5.37. The number of rotatable bonds is 3. The maximum atomic E-state index is 10.6. The van der Waals surface area contributed by atoms with Crippen LogP contribution in [0.4, 0.5) is 0 Å². The number of hydrogen-bond donors (Lipinski definition) is 1. The molecule has 0 unspecified atom stereocenters. The molecule has 0 aliphatic carbocycles. The summed E-state index contributed by atoms with van der Waals surface area (Å²) in [6.07, 6.45) is 0.528. The van der Waals surface area contributed by atoms with Gasteiger partial charge in [-0.3, -0.25) is 0 Å². The van der Waals surface area contributed by atoms with Gasteiger partial charge in [0.2, 0.25) is 0 Å². The molecular formula is C18H20O2Se. The molecule has 4 atom stereocenters. The minimum absolute atomic E-state index is 0.00911. The average molecular weight is 347 g/mol. The van der Waals surface area contributed by atoms with Gasteiger partial charge >= 0.3 is 132 Å². The third kappa shape index (κ3) is 3.56. The Morgan fingerprint density at radius 1 is 1.00 bits per heavy atom. The molecule has 2 nitrogen and oxygen atoms in total. The quantitative estimate of drug-likeness (QED) is 0.866. The first-order chi connectivity index (χ1) is 10.2. The molecule has 0 amide bonds. The topological polar surface area (TPSA) is 29.5 Å². The molecule has 0 aromatic heterocycles. The summed E-state index contributed by atoms with van der Waals surface area (Å²) in [7, 11) is 0. The molecule has 1 aliphatic heterocycles. The molecule has 1 N–H and O–H groups in total. The van der Waals surface area contributed by atoms with Gasteiger partial charge in [0, 0.05) is 0 Å². The van der Waals surface area contributed by atoms with Crippen LogP contribution in [0.1, 0.15) is 25.0 Å². The van der Waals surface area contributed by atoms with E-state index in [1.165, 1.54) is 10.0 Å². The molecule has 1 saturated heterocycles. The summed E-state index contributed by atoms with van der Waals surface area (Å²) in [6.45, 7) is 2.05. The summed E-state index contributed by atoms with van der Waals surface area (Å²) in [5, 5.41) is 10.6. The van der Waals surface area contributed by atoms with Crippen molar-refractivity contribution >= 4 is 19.4 Å². The number of ether oxygens (including phenoxy) is 1. The molecule has 2 aromatic rings. The molecule has 1 heterocycles. The van der Waals surface area contributed by atoms with Crippen LogP contribution in [-0.4, -0.2) is 32.3 Å². The van der Waals surface area contributed by atoms with Crippen LogP contribution in [0.25, 0.3) is 0 Å². The van der Waals surface area contributed by atoms with Gasteiger partial charge in [0.05, 0.1) is 0 Å². The van der Waals surface area contributed by atoms with Gasteiger partial charge in [-0.2, -0.15) is 0 Å². The zero-order valence-electron chi connectivity index (χ0n) is 12.1. The van der Waals surface area contributed by atoms with E-state index in [4.69, 9.17) is 4.74 Å². The van der Waals surface area contributed by atoms with Gasteiger partial charge < -0.3 is 0 Å². The standard InChI is InChI=1S/C18H20O2Se/c1-13-12-16(19)18(21-15-10-6-3-7-11-15)17(20-13)14-8-4-2-5-9-14/h2-11,13,16-19H,12H2,1H3/t13-,16+,17+,18-/m0/s1. The van der Waals surface area contributed by atoms with E-state index in [-0.39, 0.29) is 38.1 Å².